The largest absolute Gasteiger partial charge is 0.490 e. The summed E-state index contributed by atoms with van der Waals surface area (Å²) >= 11 is 12.2. The van der Waals surface area contributed by atoms with Crippen molar-refractivity contribution in [1.82, 2.24) is 5.32 Å². The highest BCUT2D eigenvalue weighted by Crippen LogP contribution is 2.52. The number of halogens is 1. The third-order valence-corrected chi connectivity index (χ3v) is 7.31. The van der Waals surface area contributed by atoms with Gasteiger partial charge in [-0.05, 0) is 75.8 Å². The fourth-order valence-corrected chi connectivity index (χ4v) is 5.81. The average molecular weight is 522 g/mol. The van der Waals surface area contributed by atoms with E-state index in [0.717, 1.165) is 28.1 Å². The molecule has 2 aliphatic heterocycles. The molecule has 2 aliphatic rings. The van der Waals surface area contributed by atoms with Gasteiger partial charge in [0.1, 0.15) is 5.92 Å². The highest BCUT2D eigenvalue weighted by atomic mass is 35.5. The number of carbonyl (C=O) groups excluding carboxylic acids is 1. The lowest BCUT2D eigenvalue weighted by molar-refractivity contribution is -0.130. The molecule has 0 aliphatic carbocycles. The Morgan fingerprint density at radius 3 is 2.69 bits per heavy atom. The summed E-state index contributed by atoms with van der Waals surface area (Å²) < 4.78 is 12.6. The molecule has 3 aromatic rings. The van der Waals surface area contributed by atoms with Crippen LogP contribution in [0.2, 0.25) is 5.02 Å². The lowest BCUT2D eigenvalue weighted by Crippen LogP contribution is -2.72. The summed E-state index contributed by atoms with van der Waals surface area (Å²) in [6, 6.07) is 18.6. The van der Waals surface area contributed by atoms with E-state index in [-0.39, 0.29) is 5.91 Å². The Morgan fingerprint density at radius 1 is 1.19 bits per heavy atom. The molecule has 0 saturated carbocycles. The van der Waals surface area contributed by atoms with Crippen LogP contribution in [0.3, 0.4) is 0 Å². The van der Waals surface area contributed by atoms with Gasteiger partial charge in [-0.3, -0.25) is 9.69 Å². The predicted molar refractivity (Wildman–Crippen MR) is 147 cm³/mol. The van der Waals surface area contributed by atoms with Crippen molar-refractivity contribution in [3.63, 3.8) is 0 Å². The van der Waals surface area contributed by atoms with Crippen LogP contribution in [0.4, 0.5) is 11.4 Å². The van der Waals surface area contributed by atoms with Crippen molar-refractivity contribution < 1.29 is 14.3 Å². The molecular weight excluding hydrogens is 494 g/mol. The molecule has 2 heterocycles. The Hall–Kier alpha value is -3.29. The van der Waals surface area contributed by atoms with E-state index in [4.69, 9.17) is 33.3 Å². The minimum absolute atomic E-state index is 0.177. The molecule has 1 saturated heterocycles. The van der Waals surface area contributed by atoms with E-state index in [0.29, 0.717) is 28.2 Å². The molecule has 2 N–H and O–H groups in total. The van der Waals surface area contributed by atoms with Gasteiger partial charge < -0.3 is 20.1 Å². The number of benzene rings is 3. The number of anilines is 2. The predicted octanol–water partition coefficient (Wildman–Crippen LogP) is 6.15. The molecule has 0 spiro atoms. The zero-order valence-electron chi connectivity index (χ0n) is 20.6. The van der Waals surface area contributed by atoms with Crippen molar-refractivity contribution >= 4 is 46.2 Å². The van der Waals surface area contributed by atoms with Gasteiger partial charge in [0.15, 0.2) is 22.3 Å². The van der Waals surface area contributed by atoms with Crippen LogP contribution in [-0.4, -0.2) is 23.4 Å². The highest BCUT2D eigenvalue weighted by Gasteiger charge is 2.59. The van der Waals surface area contributed by atoms with Crippen molar-refractivity contribution in [1.29, 1.82) is 0 Å². The first-order chi connectivity index (χ1) is 17.2. The van der Waals surface area contributed by atoms with Crippen LogP contribution in [0.15, 0.2) is 60.7 Å². The van der Waals surface area contributed by atoms with Crippen molar-refractivity contribution in [2.75, 3.05) is 16.8 Å². The molecule has 0 unspecified atom stereocenters. The molecule has 2 bridgehead atoms. The first-order valence-electron chi connectivity index (χ1n) is 11.9. The van der Waals surface area contributed by atoms with Crippen molar-refractivity contribution in [3.8, 4) is 11.5 Å². The fraction of sp³-hybridized carbons (Fsp3) is 0.286. The summed E-state index contributed by atoms with van der Waals surface area (Å²) in [7, 11) is 0. The molecule has 1 amide bonds. The van der Waals surface area contributed by atoms with Crippen LogP contribution in [0.1, 0.15) is 36.6 Å². The van der Waals surface area contributed by atoms with E-state index in [2.05, 4.69) is 10.6 Å². The van der Waals surface area contributed by atoms with Gasteiger partial charge in [-0.15, -0.1) is 0 Å². The second-order valence-corrected chi connectivity index (χ2v) is 10.1. The van der Waals surface area contributed by atoms with Gasteiger partial charge in [0.2, 0.25) is 5.91 Å². The molecule has 3 atom stereocenters. The van der Waals surface area contributed by atoms with Crippen molar-refractivity contribution in [2.24, 2.45) is 5.92 Å². The first kappa shape index (κ1) is 24.4. The quantitative estimate of drug-likeness (QED) is 0.392. The molecule has 8 heteroatoms. The molecule has 6 nitrogen and oxygen atoms in total. The molecule has 0 aromatic heterocycles. The van der Waals surface area contributed by atoms with E-state index >= 15 is 0 Å². The van der Waals surface area contributed by atoms with Gasteiger partial charge in [0.25, 0.3) is 0 Å². The standard InChI is InChI=1S/C28H28ClN3O3S/c1-5-34-22-11-7-10-20-24-23(26(33)30-21-13-12-16(2)14-17(21)3)28(4,35-25(20)22)32(27(36)31-24)19-9-6-8-18(29)15-19/h6-15,23-24H,5H2,1-4H3,(H,30,33)(H,31,36)/t23-,24+,28-/m0/s1. The summed E-state index contributed by atoms with van der Waals surface area (Å²) in [5.74, 6) is 0.391. The van der Waals surface area contributed by atoms with Crippen LogP contribution < -0.4 is 25.0 Å². The van der Waals surface area contributed by atoms with Crippen LogP contribution in [0, 0.1) is 19.8 Å². The first-order valence-corrected chi connectivity index (χ1v) is 12.7. The third-order valence-electron chi connectivity index (χ3n) is 6.78. The van der Waals surface area contributed by atoms with Crippen molar-refractivity contribution in [2.45, 2.75) is 39.5 Å². The molecule has 3 aromatic carbocycles. The highest BCUT2D eigenvalue weighted by molar-refractivity contribution is 7.80. The second-order valence-electron chi connectivity index (χ2n) is 9.29. The Kier molecular flexibility index (Phi) is 6.30. The zero-order valence-corrected chi connectivity index (χ0v) is 22.2. The number of hydrogen-bond donors (Lipinski definition) is 2. The summed E-state index contributed by atoms with van der Waals surface area (Å²) in [5.41, 5.74) is 3.27. The number of para-hydroxylation sites is 1. The van der Waals surface area contributed by atoms with Gasteiger partial charge in [-0.25, -0.2) is 0 Å². The third kappa shape index (κ3) is 4.06. The summed E-state index contributed by atoms with van der Waals surface area (Å²) in [6.45, 7) is 8.32. The van der Waals surface area contributed by atoms with Crippen molar-refractivity contribution in [3.05, 3.63) is 82.4 Å². The number of aryl methyl sites for hydroxylation is 2. The number of carbonyl (C=O) groups is 1. The summed E-state index contributed by atoms with van der Waals surface area (Å²) in [6.07, 6.45) is 0. The van der Waals surface area contributed by atoms with E-state index < -0.39 is 17.7 Å². The topological polar surface area (TPSA) is 62.8 Å². The zero-order chi connectivity index (χ0) is 25.6. The number of nitrogens with one attached hydrogen (secondary N) is 2. The number of ether oxygens (including phenoxy) is 2. The van der Waals surface area contributed by atoms with Crippen LogP contribution in [0.25, 0.3) is 0 Å². The Balaban J connectivity index is 1.65. The SMILES string of the molecule is CCOc1cccc2c1O[C@@]1(C)[C@H](C(=O)Nc3ccc(C)cc3C)[C@@H]2NC(=S)N1c1cccc(Cl)c1. The molecule has 36 heavy (non-hydrogen) atoms. The molecule has 1 fully saturated rings. The lowest BCUT2D eigenvalue weighted by atomic mass is 9.78. The second kappa shape index (κ2) is 9.30. The molecule has 5 rings (SSSR count). The number of hydrogen-bond acceptors (Lipinski definition) is 4. The maximum Gasteiger partial charge on any atom is 0.236 e. The number of thiocarbonyl (C=S) groups is 1. The minimum Gasteiger partial charge on any atom is -0.490 e. The molecular formula is C28H28ClN3O3S. The van der Waals surface area contributed by atoms with Gasteiger partial charge in [0.05, 0.1) is 12.6 Å². The number of amides is 1. The molecule has 186 valence electrons. The van der Waals surface area contributed by atoms with Gasteiger partial charge >= 0.3 is 0 Å². The fourth-order valence-electron chi connectivity index (χ4n) is 5.21. The maximum absolute atomic E-state index is 14.0. The van der Waals surface area contributed by atoms with Gasteiger partial charge in [0, 0.05) is 22.0 Å². The Bertz CT molecular complexity index is 1360. The van der Waals surface area contributed by atoms with Crippen LogP contribution in [-0.2, 0) is 4.79 Å². The summed E-state index contributed by atoms with van der Waals surface area (Å²) in [4.78, 5) is 15.9. The lowest BCUT2D eigenvalue weighted by Gasteiger charge is -2.56. The minimum atomic E-state index is -1.17. The van der Waals surface area contributed by atoms with Gasteiger partial charge in [-0.1, -0.05) is 47.5 Å². The number of fused-ring (bicyclic) bond motifs is 4. The smallest absolute Gasteiger partial charge is 0.236 e. The summed E-state index contributed by atoms with van der Waals surface area (Å²) in [5, 5.41) is 7.58. The normalized spacial score (nSPS) is 22.2. The average Bonchev–Trinajstić information content (AvgIpc) is 2.81. The van der Waals surface area contributed by atoms with Crippen LogP contribution in [0.5, 0.6) is 11.5 Å². The van der Waals surface area contributed by atoms with E-state index in [1.807, 2.05) is 87.2 Å². The van der Waals surface area contributed by atoms with Gasteiger partial charge in [-0.2, -0.15) is 0 Å². The van der Waals surface area contributed by atoms with E-state index in [1.165, 1.54) is 0 Å². The monoisotopic (exact) mass is 521 g/mol. The van der Waals surface area contributed by atoms with E-state index in [9.17, 15) is 4.79 Å². The number of nitrogens with zero attached hydrogens (tertiary/aromatic N) is 1. The Morgan fingerprint density at radius 2 is 1.97 bits per heavy atom. The number of rotatable bonds is 5. The van der Waals surface area contributed by atoms with Crippen LogP contribution >= 0.6 is 23.8 Å². The molecule has 0 radical (unpaired) electrons. The Labute approximate surface area is 221 Å². The van der Waals surface area contributed by atoms with E-state index in [1.54, 1.807) is 6.07 Å². The maximum atomic E-state index is 14.0.